The largest absolute Gasteiger partial charge is 0.381 e. The zero-order chi connectivity index (χ0) is 27.3. The molecule has 1 aromatic heterocycles. The lowest BCUT2D eigenvalue weighted by Gasteiger charge is -2.33. The van der Waals surface area contributed by atoms with Crippen LogP contribution in [0.3, 0.4) is 0 Å². The summed E-state index contributed by atoms with van der Waals surface area (Å²) in [5, 5.41) is 17.6. The highest BCUT2D eigenvalue weighted by Gasteiger charge is 2.49. The maximum atomic E-state index is 13.6. The SMILES string of the molecule is C#CCNC(=O)C1N(C(=O)C(O)C(Cc2ccccc2)NC(=O)c2ccc3ncccc3c2)CSC1(C)C. The summed E-state index contributed by atoms with van der Waals surface area (Å²) in [4.78, 5) is 45.5. The summed E-state index contributed by atoms with van der Waals surface area (Å²) in [5.41, 5.74) is 1.97. The van der Waals surface area contributed by atoms with E-state index in [9.17, 15) is 19.5 Å². The monoisotopic (exact) mass is 530 g/mol. The van der Waals surface area contributed by atoms with E-state index in [0.717, 1.165) is 16.5 Å². The Hall–Kier alpha value is -3.87. The molecule has 0 radical (unpaired) electrons. The predicted octanol–water partition coefficient (Wildman–Crippen LogP) is 2.37. The first kappa shape index (κ1) is 27.2. The molecule has 2 heterocycles. The quantitative estimate of drug-likeness (QED) is 0.386. The van der Waals surface area contributed by atoms with E-state index in [1.165, 1.54) is 16.7 Å². The van der Waals surface area contributed by atoms with Gasteiger partial charge < -0.3 is 20.6 Å². The van der Waals surface area contributed by atoms with Crippen molar-refractivity contribution in [3.63, 3.8) is 0 Å². The number of thioether (sulfide) groups is 1. The number of terminal acetylenes is 1. The van der Waals surface area contributed by atoms with Crippen molar-refractivity contribution in [1.82, 2.24) is 20.5 Å². The molecule has 3 amide bonds. The van der Waals surface area contributed by atoms with Crippen molar-refractivity contribution in [2.45, 2.75) is 43.2 Å². The highest BCUT2D eigenvalue weighted by Crippen LogP contribution is 2.39. The molecule has 38 heavy (non-hydrogen) atoms. The molecule has 2 aromatic carbocycles. The molecule has 3 aromatic rings. The summed E-state index contributed by atoms with van der Waals surface area (Å²) in [7, 11) is 0. The number of benzene rings is 2. The smallest absolute Gasteiger partial charge is 0.254 e. The van der Waals surface area contributed by atoms with Gasteiger partial charge in [0.05, 0.1) is 24.0 Å². The summed E-state index contributed by atoms with van der Waals surface area (Å²) < 4.78 is -0.592. The lowest BCUT2D eigenvalue weighted by atomic mass is 9.97. The molecule has 0 aliphatic carbocycles. The van der Waals surface area contributed by atoms with Crippen molar-refractivity contribution in [1.29, 1.82) is 0 Å². The van der Waals surface area contributed by atoms with Gasteiger partial charge in [0.25, 0.3) is 11.8 Å². The minimum atomic E-state index is -1.58. The number of aliphatic hydroxyl groups is 1. The van der Waals surface area contributed by atoms with Crippen molar-refractivity contribution in [3.8, 4) is 12.3 Å². The number of carbonyl (C=O) groups is 3. The van der Waals surface area contributed by atoms with E-state index in [2.05, 4.69) is 21.5 Å². The zero-order valence-electron chi connectivity index (χ0n) is 21.3. The van der Waals surface area contributed by atoms with Gasteiger partial charge in [-0.05, 0) is 50.1 Å². The van der Waals surface area contributed by atoms with Gasteiger partial charge in [0, 0.05) is 21.9 Å². The summed E-state index contributed by atoms with van der Waals surface area (Å²) in [6.07, 6.45) is 5.60. The molecular weight excluding hydrogens is 500 g/mol. The van der Waals surface area contributed by atoms with Gasteiger partial charge in [0.15, 0.2) is 6.10 Å². The summed E-state index contributed by atoms with van der Waals surface area (Å²) in [6.45, 7) is 3.78. The van der Waals surface area contributed by atoms with Crippen molar-refractivity contribution in [3.05, 3.63) is 78.0 Å². The number of hydrogen-bond acceptors (Lipinski definition) is 6. The average molecular weight is 531 g/mol. The first-order valence-corrected chi connectivity index (χ1v) is 13.2. The van der Waals surface area contributed by atoms with E-state index >= 15 is 0 Å². The number of aromatic nitrogens is 1. The first-order valence-electron chi connectivity index (χ1n) is 12.2. The van der Waals surface area contributed by atoms with Crippen LogP contribution in [-0.4, -0.2) is 68.1 Å². The van der Waals surface area contributed by atoms with Crippen LogP contribution in [0.15, 0.2) is 66.9 Å². The Bertz CT molecular complexity index is 1370. The van der Waals surface area contributed by atoms with E-state index < -0.39 is 34.7 Å². The molecule has 4 rings (SSSR count). The van der Waals surface area contributed by atoms with E-state index in [4.69, 9.17) is 6.42 Å². The molecule has 1 saturated heterocycles. The second-order valence-corrected chi connectivity index (χ2v) is 11.2. The van der Waals surface area contributed by atoms with E-state index in [1.54, 1.807) is 30.5 Å². The highest BCUT2D eigenvalue weighted by atomic mass is 32.2. The second kappa shape index (κ2) is 11.7. The molecule has 1 aliphatic rings. The summed E-state index contributed by atoms with van der Waals surface area (Å²) >= 11 is 1.44. The van der Waals surface area contributed by atoms with Crippen molar-refractivity contribution >= 4 is 40.4 Å². The van der Waals surface area contributed by atoms with Crippen LogP contribution in [0.1, 0.15) is 29.8 Å². The van der Waals surface area contributed by atoms with Gasteiger partial charge in [0.2, 0.25) is 5.91 Å². The van der Waals surface area contributed by atoms with Crippen LogP contribution < -0.4 is 10.6 Å². The van der Waals surface area contributed by atoms with Crippen molar-refractivity contribution in [2.75, 3.05) is 12.4 Å². The number of nitrogens with zero attached hydrogens (tertiary/aromatic N) is 2. The lowest BCUT2D eigenvalue weighted by Crippen LogP contribution is -2.58. The van der Waals surface area contributed by atoms with E-state index in [0.29, 0.717) is 5.56 Å². The normalized spacial score (nSPS) is 17.8. The third kappa shape index (κ3) is 5.98. The van der Waals surface area contributed by atoms with E-state index in [-0.39, 0.29) is 24.7 Å². The Morgan fingerprint density at radius 2 is 1.95 bits per heavy atom. The number of hydrogen-bond donors (Lipinski definition) is 3. The minimum absolute atomic E-state index is 0.0363. The Morgan fingerprint density at radius 3 is 2.68 bits per heavy atom. The molecule has 9 heteroatoms. The average Bonchev–Trinajstić information content (AvgIpc) is 3.25. The maximum Gasteiger partial charge on any atom is 0.254 e. The fourth-order valence-electron chi connectivity index (χ4n) is 4.57. The third-order valence-corrected chi connectivity index (χ3v) is 7.93. The first-order chi connectivity index (χ1) is 18.2. The van der Waals surface area contributed by atoms with E-state index in [1.807, 2.05) is 50.2 Å². The fraction of sp³-hybridized carbons (Fsp3) is 0.310. The number of rotatable bonds is 8. The van der Waals surface area contributed by atoms with Crippen LogP contribution >= 0.6 is 11.8 Å². The molecular formula is C29H30N4O4S. The van der Waals surface area contributed by atoms with Crippen molar-refractivity contribution in [2.24, 2.45) is 0 Å². The van der Waals surface area contributed by atoms with Gasteiger partial charge in [0.1, 0.15) is 6.04 Å². The Labute approximate surface area is 226 Å². The molecule has 3 unspecified atom stereocenters. The van der Waals surface area contributed by atoms with Crippen LogP contribution in [0, 0.1) is 12.3 Å². The third-order valence-electron chi connectivity index (χ3n) is 6.56. The van der Waals surface area contributed by atoms with Crippen LogP contribution in [0.2, 0.25) is 0 Å². The molecule has 3 N–H and O–H groups in total. The number of nitrogens with one attached hydrogen (secondary N) is 2. The fourth-order valence-corrected chi connectivity index (χ4v) is 5.71. The van der Waals surface area contributed by atoms with Crippen LogP contribution in [-0.2, 0) is 16.0 Å². The zero-order valence-corrected chi connectivity index (χ0v) is 22.1. The highest BCUT2D eigenvalue weighted by molar-refractivity contribution is 8.00. The molecule has 0 saturated carbocycles. The molecule has 8 nitrogen and oxygen atoms in total. The lowest BCUT2D eigenvalue weighted by molar-refractivity contribution is -0.147. The van der Waals surface area contributed by atoms with Crippen LogP contribution in [0.5, 0.6) is 0 Å². The molecule has 0 bridgehead atoms. The van der Waals surface area contributed by atoms with Gasteiger partial charge in [-0.1, -0.05) is 42.3 Å². The second-order valence-electron chi connectivity index (χ2n) is 9.63. The van der Waals surface area contributed by atoms with Gasteiger partial charge in [-0.3, -0.25) is 19.4 Å². The number of carbonyl (C=O) groups excluding carboxylic acids is 3. The van der Waals surface area contributed by atoms with Crippen LogP contribution in [0.4, 0.5) is 0 Å². The molecule has 3 atom stereocenters. The molecule has 1 fully saturated rings. The van der Waals surface area contributed by atoms with Gasteiger partial charge in [-0.2, -0.15) is 0 Å². The van der Waals surface area contributed by atoms with Crippen LogP contribution in [0.25, 0.3) is 10.9 Å². The molecule has 1 aliphatic heterocycles. The minimum Gasteiger partial charge on any atom is -0.381 e. The summed E-state index contributed by atoms with van der Waals surface area (Å²) in [5.74, 6) is 1.15. The number of fused-ring (bicyclic) bond motifs is 1. The van der Waals surface area contributed by atoms with Gasteiger partial charge >= 0.3 is 0 Å². The van der Waals surface area contributed by atoms with Gasteiger partial charge in [-0.15, -0.1) is 18.2 Å². The Balaban J connectivity index is 1.59. The number of pyridine rings is 1. The Morgan fingerprint density at radius 1 is 1.18 bits per heavy atom. The Kier molecular flexibility index (Phi) is 8.35. The maximum absolute atomic E-state index is 13.6. The predicted molar refractivity (Wildman–Crippen MR) is 148 cm³/mol. The molecule has 0 spiro atoms. The number of amides is 3. The van der Waals surface area contributed by atoms with Gasteiger partial charge in [-0.25, -0.2) is 0 Å². The van der Waals surface area contributed by atoms with Crippen molar-refractivity contribution < 1.29 is 19.5 Å². The summed E-state index contributed by atoms with van der Waals surface area (Å²) in [6, 6.07) is 16.3. The standard InChI is InChI=1S/C29H30N4O4S/c1-4-14-31-27(36)25-29(2,3)38-18-33(25)28(37)24(34)23(16-19-9-6-5-7-10-19)32-26(35)21-12-13-22-20(17-21)11-8-15-30-22/h1,5-13,15,17,23-25,34H,14,16,18H2,2-3H3,(H,31,36)(H,32,35). The topological polar surface area (TPSA) is 112 Å². The number of aliphatic hydroxyl groups excluding tert-OH is 1. The molecule has 196 valence electrons.